The van der Waals surface area contributed by atoms with Crippen LogP contribution < -0.4 is 5.32 Å². The summed E-state index contributed by atoms with van der Waals surface area (Å²) in [6.07, 6.45) is 4.43. The van der Waals surface area contributed by atoms with Gasteiger partial charge in [0.2, 0.25) is 11.8 Å². The second-order valence-corrected chi connectivity index (χ2v) is 6.30. The molecule has 1 aromatic carbocycles. The third-order valence-corrected chi connectivity index (χ3v) is 4.62. The van der Waals surface area contributed by atoms with Gasteiger partial charge in [-0.05, 0) is 31.7 Å². The maximum Gasteiger partial charge on any atom is 0.248 e. The quantitative estimate of drug-likeness (QED) is 0.921. The van der Waals surface area contributed by atoms with Gasteiger partial charge in [0.1, 0.15) is 5.54 Å². The van der Waals surface area contributed by atoms with Gasteiger partial charge in [-0.1, -0.05) is 42.7 Å². The van der Waals surface area contributed by atoms with Crippen molar-refractivity contribution in [2.24, 2.45) is 0 Å². The van der Waals surface area contributed by atoms with Gasteiger partial charge in [0.15, 0.2) is 0 Å². The molecule has 1 aliphatic carbocycles. The molecule has 4 nitrogen and oxygen atoms in total. The molecule has 0 aromatic heterocycles. The third kappa shape index (κ3) is 2.80. The highest BCUT2D eigenvalue weighted by atomic mass is 16.2. The number of carbonyl (C=O) groups is 2. The highest BCUT2D eigenvalue weighted by molar-refractivity contribution is 5.98. The molecule has 2 fully saturated rings. The molecule has 1 spiro atoms. The smallest absolute Gasteiger partial charge is 0.248 e. The molecule has 0 radical (unpaired) electrons. The minimum Gasteiger partial charge on any atom is -0.340 e. The van der Waals surface area contributed by atoms with E-state index in [0.717, 1.165) is 32.1 Å². The van der Waals surface area contributed by atoms with Gasteiger partial charge in [-0.2, -0.15) is 0 Å². The first-order valence-electron chi connectivity index (χ1n) is 7.75. The van der Waals surface area contributed by atoms with Gasteiger partial charge in [-0.15, -0.1) is 0 Å². The molecule has 4 heteroatoms. The van der Waals surface area contributed by atoms with E-state index in [1.165, 1.54) is 11.1 Å². The lowest BCUT2D eigenvalue weighted by Gasteiger charge is -2.39. The lowest BCUT2D eigenvalue weighted by atomic mass is 9.93. The van der Waals surface area contributed by atoms with E-state index >= 15 is 0 Å². The van der Waals surface area contributed by atoms with Crippen LogP contribution in [0.4, 0.5) is 0 Å². The first-order valence-corrected chi connectivity index (χ1v) is 7.75. The van der Waals surface area contributed by atoms with Crippen LogP contribution in [0.3, 0.4) is 0 Å². The fourth-order valence-corrected chi connectivity index (χ4v) is 3.54. The Morgan fingerprint density at radius 3 is 2.71 bits per heavy atom. The number of carbonyl (C=O) groups excluding carboxylic acids is 2. The summed E-state index contributed by atoms with van der Waals surface area (Å²) in [6.45, 7) is 2.89. The summed E-state index contributed by atoms with van der Waals surface area (Å²) >= 11 is 0. The predicted octanol–water partition coefficient (Wildman–Crippen LogP) is 1.81. The van der Waals surface area contributed by atoms with Crippen LogP contribution in [-0.2, 0) is 16.0 Å². The number of hydrogen-bond acceptors (Lipinski definition) is 2. The lowest BCUT2D eigenvalue weighted by Crippen LogP contribution is -2.65. The molecule has 1 saturated carbocycles. The van der Waals surface area contributed by atoms with Crippen LogP contribution in [0.2, 0.25) is 0 Å². The molecule has 3 rings (SSSR count). The summed E-state index contributed by atoms with van der Waals surface area (Å²) in [7, 11) is 0. The largest absolute Gasteiger partial charge is 0.340 e. The van der Waals surface area contributed by atoms with Crippen molar-refractivity contribution in [3.05, 3.63) is 35.4 Å². The van der Waals surface area contributed by atoms with Crippen molar-refractivity contribution >= 4 is 11.8 Å². The van der Waals surface area contributed by atoms with Gasteiger partial charge in [-0.3, -0.25) is 9.59 Å². The van der Waals surface area contributed by atoms with Gasteiger partial charge < -0.3 is 10.2 Å². The fraction of sp³-hybridized carbons (Fsp3) is 0.529. The molecule has 1 aromatic rings. The van der Waals surface area contributed by atoms with Crippen LogP contribution in [0.1, 0.15) is 36.8 Å². The minimum absolute atomic E-state index is 0.0132. The van der Waals surface area contributed by atoms with Crippen LogP contribution in [0.15, 0.2) is 24.3 Å². The number of piperazine rings is 1. The molecule has 0 atom stereocenters. The number of nitrogens with one attached hydrogen (secondary N) is 1. The average Bonchev–Trinajstić information content (AvgIpc) is 2.91. The Morgan fingerprint density at radius 1 is 1.24 bits per heavy atom. The third-order valence-electron chi connectivity index (χ3n) is 4.62. The van der Waals surface area contributed by atoms with Crippen LogP contribution in [0, 0.1) is 6.92 Å². The number of aryl methyl sites for hydroxylation is 1. The van der Waals surface area contributed by atoms with Crippen molar-refractivity contribution in [2.75, 3.05) is 13.1 Å². The molecule has 2 aliphatic rings. The summed E-state index contributed by atoms with van der Waals surface area (Å²) in [5.74, 6) is 0.105. The summed E-state index contributed by atoms with van der Waals surface area (Å²) in [4.78, 5) is 26.4. The Hall–Kier alpha value is -1.84. The summed E-state index contributed by atoms with van der Waals surface area (Å²) in [5, 5.41) is 2.95. The Kier molecular flexibility index (Phi) is 3.70. The van der Waals surface area contributed by atoms with Gasteiger partial charge in [-0.25, -0.2) is 0 Å². The van der Waals surface area contributed by atoms with Crippen LogP contribution in [0.25, 0.3) is 0 Å². The molecule has 0 bridgehead atoms. The van der Waals surface area contributed by atoms with Crippen LogP contribution in [-0.4, -0.2) is 35.3 Å². The van der Waals surface area contributed by atoms with Gasteiger partial charge in [0.25, 0.3) is 0 Å². The molecule has 1 aliphatic heterocycles. The first kappa shape index (κ1) is 14.1. The maximum atomic E-state index is 12.7. The molecule has 1 heterocycles. The van der Waals surface area contributed by atoms with E-state index in [2.05, 4.69) is 30.4 Å². The second kappa shape index (κ2) is 5.51. The molecule has 1 saturated heterocycles. The van der Waals surface area contributed by atoms with Crippen LogP contribution in [0.5, 0.6) is 0 Å². The summed E-state index contributed by atoms with van der Waals surface area (Å²) in [6, 6.07) is 8.32. The Labute approximate surface area is 125 Å². The van der Waals surface area contributed by atoms with E-state index in [0.29, 0.717) is 6.54 Å². The van der Waals surface area contributed by atoms with E-state index in [4.69, 9.17) is 0 Å². The SMILES string of the molecule is Cc1cccc(CCN2CC(=O)NC3(CCCC3)C2=O)c1. The molecule has 1 N–H and O–H groups in total. The molecule has 112 valence electrons. The van der Waals surface area contributed by atoms with E-state index in [1.54, 1.807) is 4.90 Å². The van der Waals surface area contributed by atoms with Gasteiger partial charge in [0.05, 0.1) is 6.54 Å². The van der Waals surface area contributed by atoms with Crippen molar-refractivity contribution in [1.82, 2.24) is 10.2 Å². The average molecular weight is 286 g/mol. The lowest BCUT2D eigenvalue weighted by molar-refractivity contribution is -0.149. The first-order chi connectivity index (χ1) is 10.1. The highest BCUT2D eigenvalue weighted by Crippen LogP contribution is 2.33. The van der Waals surface area contributed by atoms with E-state index < -0.39 is 5.54 Å². The zero-order chi connectivity index (χ0) is 14.9. The van der Waals surface area contributed by atoms with E-state index in [1.807, 2.05) is 6.07 Å². The summed E-state index contributed by atoms with van der Waals surface area (Å²) in [5.41, 5.74) is 1.85. The maximum absolute atomic E-state index is 12.7. The highest BCUT2D eigenvalue weighted by Gasteiger charge is 2.47. The van der Waals surface area contributed by atoms with Crippen molar-refractivity contribution < 1.29 is 9.59 Å². The Bertz CT molecular complexity index is 562. The molecular weight excluding hydrogens is 264 g/mol. The number of rotatable bonds is 3. The molecule has 0 unspecified atom stereocenters. The molecule has 2 amide bonds. The Balaban J connectivity index is 1.69. The fourth-order valence-electron chi connectivity index (χ4n) is 3.54. The van der Waals surface area contributed by atoms with E-state index in [9.17, 15) is 9.59 Å². The second-order valence-electron chi connectivity index (χ2n) is 6.30. The number of nitrogens with zero attached hydrogens (tertiary/aromatic N) is 1. The number of hydrogen-bond donors (Lipinski definition) is 1. The number of benzene rings is 1. The Morgan fingerprint density at radius 2 is 2.00 bits per heavy atom. The van der Waals surface area contributed by atoms with Crippen molar-refractivity contribution in [3.8, 4) is 0 Å². The number of amides is 2. The summed E-state index contributed by atoms with van der Waals surface area (Å²) < 4.78 is 0. The molecular formula is C17H22N2O2. The normalized spacial score (nSPS) is 20.9. The van der Waals surface area contributed by atoms with Crippen LogP contribution >= 0.6 is 0 Å². The zero-order valence-corrected chi connectivity index (χ0v) is 12.5. The van der Waals surface area contributed by atoms with Crippen molar-refractivity contribution in [3.63, 3.8) is 0 Å². The zero-order valence-electron chi connectivity index (χ0n) is 12.5. The van der Waals surface area contributed by atoms with Crippen molar-refractivity contribution in [2.45, 2.75) is 44.6 Å². The van der Waals surface area contributed by atoms with Gasteiger partial charge >= 0.3 is 0 Å². The predicted molar refractivity (Wildman–Crippen MR) is 80.8 cm³/mol. The monoisotopic (exact) mass is 286 g/mol. The standard InChI is InChI=1S/C17H22N2O2/c1-13-5-4-6-14(11-13)7-10-19-12-15(20)18-17(16(19)21)8-2-3-9-17/h4-6,11H,2-3,7-10,12H2,1H3,(H,18,20). The van der Waals surface area contributed by atoms with E-state index in [-0.39, 0.29) is 18.4 Å². The minimum atomic E-state index is -0.595. The topological polar surface area (TPSA) is 49.4 Å². The molecule has 21 heavy (non-hydrogen) atoms. The van der Waals surface area contributed by atoms with Gasteiger partial charge in [0, 0.05) is 6.54 Å². The van der Waals surface area contributed by atoms with Crippen molar-refractivity contribution in [1.29, 1.82) is 0 Å².